The zero-order valence-corrected chi connectivity index (χ0v) is 17.5. The van der Waals surface area contributed by atoms with Crippen LogP contribution < -0.4 is 9.64 Å². The highest BCUT2D eigenvalue weighted by Crippen LogP contribution is 2.28. The highest BCUT2D eigenvalue weighted by atomic mass is 16.5. The molecule has 1 fully saturated rings. The monoisotopic (exact) mass is 401 g/mol. The molecular weight excluding hydrogens is 374 g/mol. The first-order chi connectivity index (χ1) is 14.6. The molecule has 0 saturated carbocycles. The van der Waals surface area contributed by atoms with Crippen LogP contribution in [0.5, 0.6) is 5.75 Å². The van der Waals surface area contributed by atoms with E-state index in [4.69, 9.17) is 10.1 Å². The molecule has 0 unspecified atom stereocenters. The number of carbonyl (C=O) groups is 1. The Morgan fingerprint density at radius 2 is 1.70 bits per heavy atom. The topological polar surface area (TPSA) is 56.6 Å². The van der Waals surface area contributed by atoms with Crippen molar-refractivity contribution in [1.29, 1.82) is 5.41 Å². The van der Waals surface area contributed by atoms with Crippen LogP contribution in [0.4, 0.5) is 5.69 Å². The fourth-order valence-corrected chi connectivity index (χ4v) is 4.05. The number of benzene rings is 3. The predicted octanol–water partition coefficient (Wildman–Crippen LogP) is 4.18. The summed E-state index contributed by atoms with van der Waals surface area (Å²) in [6.45, 7) is 7.36. The summed E-state index contributed by atoms with van der Waals surface area (Å²) in [7, 11) is 0. The van der Waals surface area contributed by atoms with E-state index >= 15 is 0 Å². The van der Waals surface area contributed by atoms with E-state index in [1.165, 1.54) is 23.0 Å². The van der Waals surface area contributed by atoms with E-state index in [1.54, 1.807) is 0 Å². The van der Waals surface area contributed by atoms with Gasteiger partial charge in [0.2, 0.25) is 0 Å². The van der Waals surface area contributed by atoms with Crippen LogP contribution in [0.3, 0.4) is 0 Å². The van der Waals surface area contributed by atoms with Gasteiger partial charge in [-0.1, -0.05) is 36.4 Å². The molecule has 154 valence electrons. The Labute approximate surface area is 177 Å². The average molecular weight is 402 g/mol. The fraction of sp³-hybridized carbons (Fsp3) is 0.280. The summed E-state index contributed by atoms with van der Waals surface area (Å²) >= 11 is 0. The lowest BCUT2D eigenvalue weighted by Gasteiger charge is -2.37. The normalized spacial score (nSPS) is 14.1. The maximum atomic E-state index is 12.7. The molecule has 0 radical (unpaired) electrons. The van der Waals surface area contributed by atoms with Gasteiger partial charge in [0.15, 0.2) is 6.61 Å². The minimum absolute atomic E-state index is 0.0100. The lowest BCUT2D eigenvalue weighted by Crippen LogP contribution is -2.50. The second-order valence-electron chi connectivity index (χ2n) is 7.72. The van der Waals surface area contributed by atoms with Crippen molar-refractivity contribution in [1.82, 2.24) is 4.90 Å². The maximum absolute atomic E-state index is 12.7. The molecule has 1 heterocycles. The van der Waals surface area contributed by atoms with Gasteiger partial charge in [-0.15, -0.1) is 0 Å². The van der Waals surface area contributed by atoms with Gasteiger partial charge in [0.1, 0.15) is 5.75 Å². The van der Waals surface area contributed by atoms with Crippen molar-refractivity contribution in [3.05, 3.63) is 71.3 Å². The lowest BCUT2D eigenvalue weighted by atomic mass is 10.0. The van der Waals surface area contributed by atoms with Crippen LogP contribution in [-0.4, -0.2) is 49.8 Å². The molecule has 1 N–H and O–H groups in total. The molecule has 4 rings (SSSR count). The zero-order valence-electron chi connectivity index (χ0n) is 17.5. The van der Waals surface area contributed by atoms with Gasteiger partial charge in [-0.3, -0.25) is 4.79 Å². The van der Waals surface area contributed by atoms with Crippen LogP contribution >= 0.6 is 0 Å². The average Bonchev–Trinajstić information content (AvgIpc) is 2.79. The molecule has 5 nitrogen and oxygen atoms in total. The van der Waals surface area contributed by atoms with Crippen LogP contribution in [-0.2, 0) is 4.79 Å². The first kappa shape index (κ1) is 20.0. The number of nitrogens with one attached hydrogen (secondary N) is 1. The zero-order chi connectivity index (χ0) is 21.1. The highest BCUT2D eigenvalue weighted by molar-refractivity contribution is 6.01. The van der Waals surface area contributed by atoms with Gasteiger partial charge < -0.3 is 19.9 Å². The van der Waals surface area contributed by atoms with Crippen LogP contribution in [0.25, 0.3) is 10.8 Å². The summed E-state index contributed by atoms with van der Waals surface area (Å²) < 4.78 is 5.90. The van der Waals surface area contributed by atoms with E-state index in [0.717, 1.165) is 29.4 Å². The molecule has 5 heteroatoms. The molecule has 1 amide bonds. The molecule has 0 aliphatic carbocycles. The Balaban J connectivity index is 1.39. The number of amides is 1. The number of carbonyl (C=O) groups excluding carboxylic acids is 1. The summed E-state index contributed by atoms with van der Waals surface area (Å²) in [6.07, 6.45) is 1.34. The SMILES string of the molecule is Cc1cccc(N2CCN(C(=O)COc3ccc(C=N)c4ccccc34)CC2)c1C. The number of anilines is 1. The maximum Gasteiger partial charge on any atom is 0.260 e. The molecule has 0 atom stereocenters. The number of fused-ring (bicyclic) bond motifs is 1. The van der Waals surface area contributed by atoms with Crippen molar-refractivity contribution in [3.63, 3.8) is 0 Å². The Hall–Kier alpha value is -3.34. The Kier molecular flexibility index (Phi) is 5.70. The third-order valence-electron chi connectivity index (χ3n) is 5.97. The van der Waals surface area contributed by atoms with Gasteiger partial charge in [0.05, 0.1) is 0 Å². The van der Waals surface area contributed by atoms with Gasteiger partial charge in [-0.25, -0.2) is 0 Å². The number of piperazine rings is 1. The van der Waals surface area contributed by atoms with E-state index in [0.29, 0.717) is 18.8 Å². The van der Waals surface area contributed by atoms with E-state index in [2.05, 4.69) is 36.9 Å². The fourth-order valence-electron chi connectivity index (χ4n) is 4.05. The predicted molar refractivity (Wildman–Crippen MR) is 122 cm³/mol. The second kappa shape index (κ2) is 8.57. The summed E-state index contributed by atoms with van der Waals surface area (Å²) in [5.41, 5.74) is 4.70. The second-order valence-corrected chi connectivity index (χ2v) is 7.72. The summed E-state index contributed by atoms with van der Waals surface area (Å²) in [4.78, 5) is 17.0. The standard InChI is InChI=1S/C25H27N3O2/c1-18-6-5-9-23(19(18)2)27-12-14-28(15-13-27)25(29)17-30-24-11-10-20(16-26)21-7-3-4-8-22(21)24/h3-11,16,26H,12-15,17H2,1-2H3. The van der Waals surface area contributed by atoms with Crippen molar-refractivity contribution in [2.75, 3.05) is 37.7 Å². The van der Waals surface area contributed by atoms with Gasteiger partial charge >= 0.3 is 0 Å². The van der Waals surface area contributed by atoms with Crippen LogP contribution in [0.1, 0.15) is 16.7 Å². The van der Waals surface area contributed by atoms with E-state index < -0.39 is 0 Å². The van der Waals surface area contributed by atoms with Gasteiger partial charge in [-0.2, -0.15) is 0 Å². The highest BCUT2D eigenvalue weighted by Gasteiger charge is 2.22. The largest absolute Gasteiger partial charge is 0.483 e. The molecular formula is C25H27N3O2. The minimum Gasteiger partial charge on any atom is -0.483 e. The van der Waals surface area contributed by atoms with Crippen LogP contribution in [0, 0.1) is 19.3 Å². The van der Waals surface area contributed by atoms with E-state index in [-0.39, 0.29) is 12.5 Å². The number of hydrogen-bond donors (Lipinski definition) is 1. The lowest BCUT2D eigenvalue weighted by molar-refractivity contribution is -0.133. The van der Waals surface area contributed by atoms with Crippen LogP contribution in [0.15, 0.2) is 54.6 Å². The first-order valence-corrected chi connectivity index (χ1v) is 10.3. The quantitative estimate of drug-likeness (QED) is 0.653. The molecule has 1 saturated heterocycles. The van der Waals surface area contributed by atoms with Crippen molar-refractivity contribution in [2.45, 2.75) is 13.8 Å². The third-order valence-corrected chi connectivity index (χ3v) is 5.97. The van der Waals surface area contributed by atoms with E-state index in [1.807, 2.05) is 41.3 Å². The van der Waals surface area contributed by atoms with E-state index in [9.17, 15) is 4.79 Å². The van der Waals surface area contributed by atoms with Gasteiger partial charge in [0, 0.05) is 49.0 Å². The number of ether oxygens (including phenoxy) is 1. The number of hydrogen-bond acceptors (Lipinski definition) is 4. The van der Waals surface area contributed by atoms with Gasteiger partial charge in [-0.05, 0) is 48.6 Å². The Bertz CT molecular complexity index is 1080. The third kappa shape index (κ3) is 3.88. The molecule has 0 bridgehead atoms. The minimum atomic E-state index is 0.0100. The molecule has 0 aromatic heterocycles. The van der Waals surface area contributed by atoms with Crippen molar-refractivity contribution < 1.29 is 9.53 Å². The molecule has 30 heavy (non-hydrogen) atoms. The number of aryl methyl sites for hydroxylation is 1. The molecule has 1 aliphatic heterocycles. The molecule has 1 aliphatic rings. The van der Waals surface area contributed by atoms with Crippen LogP contribution in [0.2, 0.25) is 0 Å². The summed E-state index contributed by atoms with van der Waals surface area (Å²) in [5.74, 6) is 0.689. The summed E-state index contributed by atoms with van der Waals surface area (Å²) in [5, 5.41) is 9.45. The van der Waals surface area contributed by atoms with Crippen molar-refractivity contribution in [2.24, 2.45) is 0 Å². The van der Waals surface area contributed by atoms with Crippen molar-refractivity contribution in [3.8, 4) is 5.75 Å². The Morgan fingerprint density at radius 3 is 2.43 bits per heavy atom. The molecule has 3 aromatic carbocycles. The summed E-state index contributed by atoms with van der Waals surface area (Å²) in [6, 6.07) is 17.9. The van der Waals surface area contributed by atoms with Crippen molar-refractivity contribution >= 4 is 28.6 Å². The smallest absolute Gasteiger partial charge is 0.260 e. The molecule has 3 aromatic rings. The number of rotatable bonds is 5. The Morgan fingerprint density at radius 1 is 0.967 bits per heavy atom. The first-order valence-electron chi connectivity index (χ1n) is 10.3. The molecule has 0 spiro atoms. The van der Waals surface area contributed by atoms with Gasteiger partial charge in [0.25, 0.3) is 5.91 Å². The number of nitrogens with zero attached hydrogens (tertiary/aromatic N) is 2.